The molecule has 10 heteroatoms. The highest BCUT2D eigenvalue weighted by Gasteiger charge is 2.35. The van der Waals surface area contributed by atoms with Crippen LogP contribution in [0.5, 0.6) is 11.5 Å². The predicted molar refractivity (Wildman–Crippen MR) is 111 cm³/mol. The van der Waals surface area contributed by atoms with Gasteiger partial charge in [-0.05, 0) is 41.5 Å². The molecule has 0 aliphatic carbocycles. The van der Waals surface area contributed by atoms with Crippen molar-refractivity contribution in [2.24, 2.45) is 5.92 Å². The van der Waals surface area contributed by atoms with E-state index in [0.717, 1.165) is 16.7 Å². The van der Waals surface area contributed by atoms with Gasteiger partial charge in [0.15, 0.2) is 11.5 Å². The highest BCUT2D eigenvalue weighted by atomic mass is 32.2. The summed E-state index contributed by atoms with van der Waals surface area (Å²) in [5, 5.41) is 4.87. The summed E-state index contributed by atoms with van der Waals surface area (Å²) in [7, 11) is 0. The molecule has 2 aliphatic heterocycles. The van der Waals surface area contributed by atoms with E-state index in [4.69, 9.17) is 9.47 Å². The van der Waals surface area contributed by atoms with E-state index in [0.29, 0.717) is 22.0 Å². The van der Waals surface area contributed by atoms with Crippen molar-refractivity contribution in [2.75, 3.05) is 19.9 Å². The number of hydrogen-bond donors (Lipinski definition) is 2. The Labute approximate surface area is 178 Å². The molecule has 0 bridgehead atoms. The Morgan fingerprint density at radius 1 is 1.23 bits per heavy atom. The van der Waals surface area contributed by atoms with E-state index in [2.05, 4.69) is 10.6 Å². The molecule has 9 nitrogen and oxygen atoms in total. The molecular weight excluding hydrogens is 410 g/mol. The molecule has 160 valence electrons. The maximum absolute atomic E-state index is 12.6. The van der Waals surface area contributed by atoms with Crippen LogP contribution >= 0.6 is 11.8 Å². The molecule has 0 radical (unpaired) electrons. The minimum absolute atomic E-state index is 0.0414. The van der Waals surface area contributed by atoms with Crippen molar-refractivity contribution in [1.82, 2.24) is 15.5 Å². The third kappa shape index (κ3) is 4.93. The van der Waals surface area contributed by atoms with E-state index in [9.17, 15) is 19.2 Å². The number of carbonyl (C=O) groups is 4. The van der Waals surface area contributed by atoms with Crippen molar-refractivity contribution in [3.05, 3.63) is 28.7 Å². The first-order valence-electron chi connectivity index (χ1n) is 9.46. The highest BCUT2D eigenvalue weighted by molar-refractivity contribution is 8.18. The van der Waals surface area contributed by atoms with Crippen LogP contribution in [0.15, 0.2) is 23.1 Å². The number of amides is 4. The molecule has 0 aromatic heterocycles. The number of ether oxygens (including phenoxy) is 2. The Balaban J connectivity index is 1.58. The van der Waals surface area contributed by atoms with Gasteiger partial charge in [0.05, 0.1) is 4.91 Å². The first kappa shape index (κ1) is 21.7. The largest absolute Gasteiger partial charge is 0.454 e. The topological polar surface area (TPSA) is 114 Å². The summed E-state index contributed by atoms with van der Waals surface area (Å²) in [6.45, 7) is 5.27. The number of nitrogens with zero attached hydrogens (tertiary/aromatic N) is 1. The first-order chi connectivity index (χ1) is 14.3. The van der Waals surface area contributed by atoms with Gasteiger partial charge in [-0.15, -0.1) is 0 Å². The molecule has 4 amide bonds. The van der Waals surface area contributed by atoms with Crippen LogP contribution in [0.25, 0.3) is 6.08 Å². The van der Waals surface area contributed by atoms with E-state index in [1.165, 1.54) is 6.92 Å². The summed E-state index contributed by atoms with van der Waals surface area (Å²) >= 11 is 0.845. The molecule has 1 aromatic rings. The number of rotatable bonds is 7. The third-order valence-electron chi connectivity index (χ3n) is 4.51. The van der Waals surface area contributed by atoms with Crippen LogP contribution in [0.3, 0.4) is 0 Å². The summed E-state index contributed by atoms with van der Waals surface area (Å²) in [4.78, 5) is 49.8. The van der Waals surface area contributed by atoms with Gasteiger partial charge >= 0.3 is 0 Å². The minimum Gasteiger partial charge on any atom is -0.454 e. The average Bonchev–Trinajstić information content (AvgIpc) is 3.25. The summed E-state index contributed by atoms with van der Waals surface area (Å²) < 4.78 is 10.6. The van der Waals surface area contributed by atoms with Gasteiger partial charge in [-0.25, -0.2) is 0 Å². The molecule has 1 atom stereocenters. The Bertz CT molecular complexity index is 914. The monoisotopic (exact) mass is 433 g/mol. The number of benzene rings is 1. The standard InChI is InChI=1S/C20H23N3O6S/c1-11(2)17(22-12(3)24)18(25)21-6-7-23-19(26)16(30-20(23)27)9-13-4-5-14-15(8-13)29-10-28-14/h4-5,8-9,11,17H,6-7,10H2,1-3H3,(H,21,25)(H,22,24)/b16-9-. The summed E-state index contributed by atoms with van der Waals surface area (Å²) in [5.41, 5.74) is 0.716. The minimum atomic E-state index is -0.677. The number of thioether (sulfide) groups is 1. The lowest BCUT2D eigenvalue weighted by Gasteiger charge is -2.21. The van der Waals surface area contributed by atoms with Crippen LogP contribution in [0.1, 0.15) is 26.3 Å². The molecule has 1 fully saturated rings. The Morgan fingerprint density at radius 2 is 1.97 bits per heavy atom. The van der Waals surface area contributed by atoms with Gasteiger partial charge in [0.2, 0.25) is 18.6 Å². The van der Waals surface area contributed by atoms with Gasteiger partial charge in [-0.1, -0.05) is 19.9 Å². The number of fused-ring (bicyclic) bond motifs is 1. The zero-order valence-corrected chi connectivity index (χ0v) is 17.7. The van der Waals surface area contributed by atoms with Gasteiger partial charge in [-0.2, -0.15) is 0 Å². The van der Waals surface area contributed by atoms with Gasteiger partial charge < -0.3 is 20.1 Å². The second-order valence-corrected chi connectivity index (χ2v) is 8.15. The summed E-state index contributed by atoms with van der Waals surface area (Å²) in [6, 6.07) is 4.58. The van der Waals surface area contributed by atoms with E-state index in [1.54, 1.807) is 24.3 Å². The molecule has 2 aliphatic rings. The van der Waals surface area contributed by atoms with Crippen LogP contribution in [-0.2, 0) is 14.4 Å². The molecule has 0 spiro atoms. The quantitative estimate of drug-likeness (QED) is 0.630. The van der Waals surface area contributed by atoms with Crippen LogP contribution in [0.4, 0.5) is 4.79 Å². The molecule has 1 aromatic carbocycles. The molecule has 1 saturated heterocycles. The SMILES string of the molecule is CC(=O)NC(C(=O)NCCN1C(=O)S/C(=C\c2ccc3c(c2)OCO3)C1=O)C(C)C. The number of hydrogen-bond acceptors (Lipinski definition) is 7. The second kappa shape index (κ2) is 9.21. The van der Waals surface area contributed by atoms with Crippen molar-refractivity contribution in [1.29, 1.82) is 0 Å². The van der Waals surface area contributed by atoms with Gasteiger partial charge in [-0.3, -0.25) is 24.1 Å². The molecule has 2 heterocycles. The van der Waals surface area contributed by atoms with Crippen LogP contribution in [-0.4, -0.2) is 53.8 Å². The fraction of sp³-hybridized carbons (Fsp3) is 0.400. The lowest BCUT2D eigenvalue weighted by atomic mass is 10.0. The van der Waals surface area contributed by atoms with Crippen molar-refractivity contribution in [2.45, 2.75) is 26.8 Å². The van der Waals surface area contributed by atoms with Gasteiger partial charge in [0, 0.05) is 20.0 Å². The maximum Gasteiger partial charge on any atom is 0.293 e. The van der Waals surface area contributed by atoms with E-state index in [1.807, 2.05) is 13.8 Å². The zero-order valence-electron chi connectivity index (χ0n) is 16.9. The van der Waals surface area contributed by atoms with Crippen LogP contribution in [0, 0.1) is 5.92 Å². The molecular formula is C20H23N3O6S. The van der Waals surface area contributed by atoms with Crippen molar-refractivity contribution >= 4 is 40.8 Å². The lowest BCUT2D eigenvalue weighted by Crippen LogP contribution is -2.50. The Morgan fingerprint density at radius 3 is 2.67 bits per heavy atom. The number of carbonyl (C=O) groups excluding carboxylic acids is 4. The molecule has 0 saturated carbocycles. The average molecular weight is 433 g/mol. The highest BCUT2D eigenvalue weighted by Crippen LogP contribution is 2.36. The molecule has 2 N–H and O–H groups in total. The fourth-order valence-corrected chi connectivity index (χ4v) is 3.87. The smallest absolute Gasteiger partial charge is 0.293 e. The van der Waals surface area contributed by atoms with Gasteiger partial charge in [0.1, 0.15) is 6.04 Å². The van der Waals surface area contributed by atoms with Crippen LogP contribution < -0.4 is 20.1 Å². The molecule has 3 rings (SSSR count). The number of nitrogens with one attached hydrogen (secondary N) is 2. The third-order valence-corrected chi connectivity index (χ3v) is 5.42. The van der Waals surface area contributed by atoms with Crippen molar-refractivity contribution in [3.63, 3.8) is 0 Å². The predicted octanol–water partition coefficient (Wildman–Crippen LogP) is 1.73. The second-order valence-electron chi connectivity index (χ2n) is 7.16. The maximum atomic E-state index is 12.6. The van der Waals surface area contributed by atoms with Crippen LogP contribution in [0.2, 0.25) is 0 Å². The zero-order chi connectivity index (χ0) is 21.8. The van der Waals surface area contributed by atoms with Crippen molar-refractivity contribution in [3.8, 4) is 11.5 Å². The fourth-order valence-electron chi connectivity index (χ4n) is 3.00. The van der Waals surface area contributed by atoms with E-state index in [-0.39, 0.29) is 37.6 Å². The van der Waals surface area contributed by atoms with E-state index < -0.39 is 17.2 Å². The summed E-state index contributed by atoms with van der Waals surface area (Å²) in [5.74, 6) is 0.0426. The first-order valence-corrected chi connectivity index (χ1v) is 10.3. The molecule has 30 heavy (non-hydrogen) atoms. The number of imide groups is 1. The Hall–Kier alpha value is -3.01. The van der Waals surface area contributed by atoms with Gasteiger partial charge in [0.25, 0.3) is 11.1 Å². The van der Waals surface area contributed by atoms with Crippen molar-refractivity contribution < 1.29 is 28.7 Å². The van der Waals surface area contributed by atoms with E-state index >= 15 is 0 Å². The Kier molecular flexibility index (Phi) is 6.66. The lowest BCUT2D eigenvalue weighted by molar-refractivity contribution is -0.129. The normalized spacial score (nSPS) is 17.6. The summed E-state index contributed by atoms with van der Waals surface area (Å²) in [6.07, 6.45) is 1.62. The molecule has 1 unspecified atom stereocenters.